The van der Waals surface area contributed by atoms with Gasteiger partial charge < -0.3 is 10.2 Å². The monoisotopic (exact) mass is 387 g/mol. The second kappa shape index (κ2) is 8.54. The molecule has 3 rings (SSSR count). The first kappa shape index (κ1) is 19.4. The molecular formula is C20H25N3O3S. The van der Waals surface area contributed by atoms with Gasteiger partial charge in [-0.05, 0) is 36.8 Å². The maximum Gasteiger partial charge on any atom is 0.251 e. The third kappa shape index (κ3) is 4.48. The second-order valence-corrected chi connectivity index (χ2v) is 8.45. The molecule has 1 aliphatic rings. The van der Waals surface area contributed by atoms with Gasteiger partial charge in [0, 0.05) is 44.0 Å². The van der Waals surface area contributed by atoms with Crippen LogP contribution in [0.15, 0.2) is 59.5 Å². The molecule has 0 unspecified atom stereocenters. The van der Waals surface area contributed by atoms with Gasteiger partial charge in [-0.25, -0.2) is 8.42 Å². The van der Waals surface area contributed by atoms with E-state index in [9.17, 15) is 13.2 Å². The summed E-state index contributed by atoms with van der Waals surface area (Å²) in [5.74, 6) is -0.247. The quantitative estimate of drug-likeness (QED) is 0.826. The van der Waals surface area contributed by atoms with Gasteiger partial charge >= 0.3 is 0 Å². The molecule has 0 aliphatic carbocycles. The summed E-state index contributed by atoms with van der Waals surface area (Å²) < 4.78 is 27.5. The Kier molecular flexibility index (Phi) is 6.13. The maximum atomic E-state index is 13.0. The summed E-state index contributed by atoms with van der Waals surface area (Å²) in [7, 11) is -3.62. The van der Waals surface area contributed by atoms with Crippen LogP contribution in [-0.4, -0.2) is 51.4 Å². The van der Waals surface area contributed by atoms with E-state index in [-0.39, 0.29) is 10.8 Å². The van der Waals surface area contributed by atoms with Crippen LogP contribution < -0.4 is 10.2 Å². The van der Waals surface area contributed by atoms with E-state index in [0.29, 0.717) is 38.3 Å². The zero-order valence-corrected chi connectivity index (χ0v) is 16.3. The summed E-state index contributed by atoms with van der Waals surface area (Å²) in [5, 5.41) is 2.78. The number of hydrogen-bond acceptors (Lipinski definition) is 4. The number of carbonyl (C=O) groups is 1. The molecule has 2 aromatic rings. The van der Waals surface area contributed by atoms with Crippen molar-refractivity contribution in [2.75, 3.05) is 37.6 Å². The summed E-state index contributed by atoms with van der Waals surface area (Å²) in [6, 6.07) is 16.3. The van der Waals surface area contributed by atoms with Gasteiger partial charge in [-0.2, -0.15) is 4.31 Å². The molecule has 0 spiro atoms. The van der Waals surface area contributed by atoms with E-state index in [1.165, 1.54) is 10.4 Å². The first-order valence-electron chi connectivity index (χ1n) is 9.21. The number of hydrogen-bond donors (Lipinski definition) is 1. The van der Waals surface area contributed by atoms with Crippen molar-refractivity contribution in [1.29, 1.82) is 0 Å². The highest BCUT2D eigenvalue weighted by molar-refractivity contribution is 7.89. The molecule has 1 N–H and O–H groups in total. The maximum absolute atomic E-state index is 13.0. The molecule has 0 aromatic heterocycles. The normalized spacial score (nSPS) is 15.5. The zero-order chi connectivity index (χ0) is 19.3. The number of rotatable bonds is 6. The molecular weight excluding hydrogens is 362 g/mol. The Bertz CT molecular complexity index is 876. The number of piperazine rings is 1. The Morgan fingerprint density at radius 3 is 2.37 bits per heavy atom. The Labute approximate surface area is 160 Å². The van der Waals surface area contributed by atoms with E-state index < -0.39 is 10.0 Å². The van der Waals surface area contributed by atoms with Crippen LogP contribution in [-0.2, 0) is 10.0 Å². The van der Waals surface area contributed by atoms with E-state index in [1.807, 2.05) is 37.3 Å². The lowest BCUT2D eigenvalue weighted by atomic mass is 10.2. The Hall–Kier alpha value is -2.38. The van der Waals surface area contributed by atoms with Gasteiger partial charge in [0.15, 0.2) is 0 Å². The van der Waals surface area contributed by atoms with Crippen molar-refractivity contribution in [3.05, 3.63) is 60.2 Å². The van der Waals surface area contributed by atoms with Crippen molar-refractivity contribution in [2.24, 2.45) is 0 Å². The van der Waals surface area contributed by atoms with Crippen LogP contribution in [0.25, 0.3) is 0 Å². The largest absolute Gasteiger partial charge is 0.369 e. The third-order valence-electron chi connectivity index (χ3n) is 4.63. The van der Waals surface area contributed by atoms with Crippen LogP contribution in [0.5, 0.6) is 0 Å². The average molecular weight is 388 g/mol. The Morgan fingerprint density at radius 1 is 1.00 bits per heavy atom. The molecule has 0 radical (unpaired) electrons. The number of para-hydroxylation sites is 1. The number of carbonyl (C=O) groups excluding carboxylic acids is 1. The van der Waals surface area contributed by atoms with Gasteiger partial charge in [0.1, 0.15) is 0 Å². The first-order chi connectivity index (χ1) is 13.0. The lowest BCUT2D eigenvalue weighted by Gasteiger charge is -2.35. The SMILES string of the molecule is CCCNC(=O)c1cccc(S(=O)(=O)N2CCN(c3ccccc3)CC2)c1. The minimum Gasteiger partial charge on any atom is -0.369 e. The van der Waals surface area contributed by atoms with Gasteiger partial charge in [-0.3, -0.25) is 4.79 Å². The van der Waals surface area contributed by atoms with Crippen molar-refractivity contribution in [1.82, 2.24) is 9.62 Å². The number of nitrogens with one attached hydrogen (secondary N) is 1. The van der Waals surface area contributed by atoms with Crippen LogP contribution in [0.2, 0.25) is 0 Å². The van der Waals surface area contributed by atoms with Gasteiger partial charge in [-0.15, -0.1) is 0 Å². The van der Waals surface area contributed by atoms with E-state index in [4.69, 9.17) is 0 Å². The fourth-order valence-electron chi connectivity index (χ4n) is 3.11. The highest BCUT2D eigenvalue weighted by atomic mass is 32.2. The minimum absolute atomic E-state index is 0.166. The number of sulfonamides is 1. The zero-order valence-electron chi connectivity index (χ0n) is 15.5. The van der Waals surface area contributed by atoms with E-state index in [1.54, 1.807) is 18.2 Å². The van der Waals surface area contributed by atoms with Crippen molar-refractivity contribution in [3.63, 3.8) is 0 Å². The van der Waals surface area contributed by atoms with Gasteiger partial charge in [-0.1, -0.05) is 31.2 Å². The van der Waals surface area contributed by atoms with Crippen LogP contribution in [0, 0.1) is 0 Å². The minimum atomic E-state index is -3.62. The number of amides is 1. The predicted molar refractivity (Wildman–Crippen MR) is 106 cm³/mol. The average Bonchev–Trinajstić information content (AvgIpc) is 2.73. The van der Waals surface area contributed by atoms with Crippen molar-refractivity contribution in [3.8, 4) is 0 Å². The third-order valence-corrected chi connectivity index (χ3v) is 6.52. The van der Waals surface area contributed by atoms with Crippen LogP contribution in [0.1, 0.15) is 23.7 Å². The number of benzene rings is 2. The fraction of sp³-hybridized carbons (Fsp3) is 0.350. The van der Waals surface area contributed by atoms with Crippen molar-refractivity contribution < 1.29 is 13.2 Å². The molecule has 0 saturated carbocycles. The molecule has 1 saturated heterocycles. The van der Waals surface area contributed by atoms with E-state index >= 15 is 0 Å². The molecule has 1 heterocycles. The summed E-state index contributed by atoms with van der Waals surface area (Å²) >= 11 is 0. The summed E-state index contributed by atoms with van der Waals surface area (Å²) in [6.45, 7) is 4.65. The molecule has 144 valence electrons. The molecule has 1 amide bonds. The summed E-state index contributed by atoms with van der Waals surface area (Å²) in [5.41, 5.74) is 1.47. The highest BCUT2D eigenvalue weighted by Gasteiger charge is 2.29. The second-order valence-electron chi connectivity index (χ2n) is 6.51. The summed E-state index contributed by atoms with van der Waals surface area (Å²) in [6.07, 6.45) is 0.829. The van der Waals surface area contributed by atoms with Crippen molar-refractivity contribution >= 4 is 21.6 Å². The Morgan fingerprint density at radius 2 is 1.70 bits per heavy atom. The standard InChI is InChI=1S/C20H25N3O3S/c1-2-11-21-20(24)17-7-6-10-19(16-17)27(25,26)23-14-12-22(13-15-23)18-8-4-3-5-9-18/h3-10,16H,2,11-15H2,1H3,(H,21,24). The Balaban J connectivity index is 1.71. The molecule has 6 nitrogen and oxygen atoms in total. The van der Waals surface area contributed by atoms with Crippen LogP contribution in [0.3, 0.4) is 0 Å². The molecule has 2 aromatic carbocycles. The lowest BCUT2D eigenvalue weighted by Crippen LogP contribution is -2.48. The lowest BCUT2D eigenvalue weighted by molar-refractivity contribution is 0.0953. The topological polar surface area (TPSA) is 69.7 Å². The van der Waals surface area contributed by atoms with E-state index in [2.05, 4.69) is 10.2 Å². The molecule has 7 heteroatoms. The smallest absolute Gasteiger partial charge is 0.251 e. The van der Waals surface area contributed by atoms with E-state index in [0.717, 1.165) is 12.1 Å². The van der Waals surface area contributed by atoms with Crippen LogP contribution in [0.4, 0.5) is 5.69 Å². The van der Waals surface area contributed by atoms with Gasteiger partial charge in [0.25, 0.3) is 5.91 Å². The number of nitrogens with zero attached hydrogens (tertiary/aromatic N) is 2. The predicted octanol–water partition coefficient (Wildman–Crippen LogP) is 2.34. The fourth-order valence-corrected chi connectivity index (χ4v) is 4.58. The highest BCUT2D eigenvalue weighted by Crippen LogP contribution is 2.21. The molecule has 1 aliphatic heterocycles. The number of anilines is 1. The first-order valence-corrected chi connectivity index (χ1v) is 10.6. The molecule has 27 heavy (non-hydrogen) atoms. The summed E-state index contributed by atoms with van der Waals surface area (Å²) in [4.78, 5) is 14.5. The van der Waals surface area contributed by atoms with Gasteiger partial charge in [0.05, 0.1) is 4.90 Å². The van der Waals surface area contributed by atoms with Gasteiger partial charge in [0.2, 0.25) is 10.0 Å². The van der Waals surface area contributed by atoms with Crippen LogP contribution >= 0.6 is 0 Å². The molecule has 0 bridgehead atoms. The molecule has 1 fully saturated rings. The molecule has 0 atom stereocenters. The van der Waals surface area contributed by atoms with Crippen molar-refractivity contribution in [2.45, 2.75) is 18.2 Å².